The second-order valence-corrected chi connectivity index (χ2v) is 5.47. The third-order valence-corrected chi connectivity index (χ3v) is 3.05. The van der Waals surface area contributed by atoms with Gasteiger partial charge in [0.1, 0.15) is 0 Å². The summed E-state index contributed by atoms with van der Waals surface area (Å²) in [4.78, 5) is 33.4. The first kappa shape index (κ1) is 17.5. The number of urea groups is 1. The van der Waals surface area contributed by atoms with Crippen molar-refractivity contribution in [2.45, 2.75) is 0 Å². The highest BCUT2D eigenvalue weighted by atomic mass is 35.5. The lowest BCUT2D eigenvalue weighted by Gasteiger charge is -2.11. The Balaban J connectivity index is 1.79. The van der Waals surface area contributed by atoms with Crippen molar-refractivity contribution in [3.8, 4) is 0 Å². The minimum Gasteiger partial charge on any atom is -0.347 e. The zero-order valence-electron chi connectivity index (χ0n) is 13.2. The van der Waals surface area contributed by atoms with Crippen LogP contribution in [0.1, 0.15) is 0 Å². The number of hydrogen-bond donors (Lipinski definition) is 3. The van der Waals surface area contributed by atoms with Gasteiger partial charge in [-0.1, -0.05) is 17.7 Å². The predicted molar refractivity (Wildman–Crippen MR) is 93.5 cm³/mol. The summed E-state index contributed by atoms with van der Waals surface area (Å²) in [6.45, 7) is -0.193. The number of nitrogens with one attached hydrogen (secondary N) is 3. The van der Waals surface area contributed by atoms with Gasteiger partial charge in [0.15, 0.2) is 0 Å². The zero-order chi connectivity index (χ0) is 17.5. The van der Waals surface area contributed by atoms with Crippen molar-refractivity contribution >= 4 is 40.9 Å². The van der Waals surface area contributed by atoms with E-state index >= 15 is 0 Å². The van der Waals surface area contributed by atoms with Crippen molar-refractivity contribution in [2.24, 2.45) is 0 Å². The topological polar surface area (TPSA) is 99.3 Å². The maximum absolute atomic E-state index is 11.8. The van der Waals surface area contributed by atoms with E-state index in [1.807, 2.05) is 14.1 Å². The molecule has 1 aromatic carbocycles. The summed E-state index contributed by atoms with van der Waals surface area (Å²) in [5.41, 5.74) is 0.982. The standard InChI is InChI=1S/C15H17ClN6O2/c1-22(2)14-17-7-12(8-18-14)20-13(23)9-19-15(24)21-11-5-3-4-10(16)6-11/h3-8H,9H2,1-2H3,(H,20,23)(H2,19,21,24). The minimum absolute atomic E-state index is 0.193. The van der Waals surface area contributed by atoms with Crippen molar-refractivity contribution < 1.29 is 9.59 Å². The molecule has 9 heteroatoms. The zero-order valence-corrected chi connectivity index (χ0v) is 14.0. The van der Waals surface area contributed by atoms with Crippen molar-refractivity contribution in [3.05, 3.63) is 41.7 Å². The van der Waals surface area contributed by atoms with Crippen LogP contribution in [0.4, 0.5) is 22.1 Å². The van der Waals surface area contributed by atoms with Crippen LogP contribution in [0.25, 0.3) is 0 Å². The fourth-order valence-corrected chi connectivity index (χ4v) is 1.91. The Morgan fingerprint density at radius 2 is 1.83 bits per heavy atom. The van der Waals surface area contributed by atoms with Crippen molar-refractivity contribution in [3.63, 3.8) is 0 Å². The van der Waals surface area contributed by atoms with Gasteiger partial charge in [0.05, 0.1) is 24.6 Å². The van der Waals surface area contributed by atoms with Gasteiger partial charge >= 0.3 is 6.03 Å². The van der Waals surface area contributed by atoms with E-state index in [-0.39, 0.29) is 6.54 Å². The normalized spacial score (nSPS) is 9.96. The Labute approximate surface area is 144 Å². The van der Waals surface area contributed by atoms with Crippen LogP contribution in [-0.4, -0.2) is 42.5 Å². The fourth-order valence-electron chi connectivity index (χ4n) is 1.72. The van der Waals surface area contributed by atoms with Gasteiger partial charge in [-0.3, -0.25) is 4.79 Å². The number of amides is 3. The number of rotatable bonds is 5. The van der Waals surface area contributed by atoms with Crippen LogP contribution in [0.15, 0.2) is 36.7 Å². The molecule has 1 heterocycles. The monoisotopic (exact) mass is 348 g/mol. The van der Waals surface area contributed by atoms with E-state index in [9.17, 15) is 9.59 Å². The van der Waals surface area contributed by atoms with Crippen LogP contribution in [0, 0.1) is 0 Å². The maximum atomic E-state index is 11.8. The molecule has 2 aromatic rings. The summed E-state index contributed by atoms with van der Waals surface area (Å²) >= 11 is 5.83. The molecule has 0 saturated heterocycles. The first-order chi connectivity index (χ1) is 11.4. The maximum Gasteiger partial charge on any atom is 0.319 e. The lowest BCUT2D eigenvalue weighted by Crippen LogP contribution is -2.35. The Morgan fingerprint density at radius 3 is 2.46 bits per heavy atom. The number of aromatic nitrogens is 2. The lowest BCUT2D eigenvalue weighted by molar-refractivity contribution is -0.115. The molecule has 0 atom stereocenters. The molecule has 24 heavy (non-hydrogen) atoms. The number of hydrogen-bond acceptors (Lipinski definition) is 5. The van der Waals surface area contributed by atoms with Gasteiger partial charge in [0.25, 0.3) is 0 Å². The van der Waals surface area contributed by atoms with E-state index in [0.29, 0.717) is 22.3 Å². The Kier molecular flexibility index (Phi) is 5.91. The highest BCUT2D eigenvalue weighted by Gasteiger charge is 2.07. The van der Waals surface area contributed by atoms with Gasteiger partial charge in [-0.25, -0.2) is 14.8 Å². The number of carbonyl (C=O) groups is 2. The quantitative estimate of drug-likeness (QED) is 0.767. The average molecular weight is 349 g/mol. The average Bonchev–Trinajstić information content (AvgIpc) is 2.53. The van der Waals surface area contributed by atoms with Crippen LogP contribution >= 0.6 is 11.6 Å². The predicted octanol–water partition coefficient (Wildman–Crippen LogP) is 1.96. The van der Waals surface area contributed by atoms with E-state index in [1.165, 1.54) is 12.4 Å². The van der Waals surface area contributed by atoms with Crippen molar-refractivity contribution in [2.75, 3.05) is 36.2 Å². The Bertz CT molecular complexity index is 720. The molecule has 0 aliphatic carbocycles. The summed E-state index contributed by atoms with van der Waals surface area (Å²) in [6, 6.07) is 6.19. The Hall–Kier alpha value is -2.87. The second-order valence-electron chi connectivity index (χ2n) is 5.03. The van der Waals surface area contributed by atoms with E-state index in [4.69, 9.17) is 11.6 Å². The van der Waals surface area contributed by atoms with Gasteiger partial charge in [-0.15, -0.1) is 0 Å². The molecule has 0 bridgehead atoms. The molecule has 2 rings (SSSR count). The van der Waals surface area contributed by atoms with Gasteiger partial charge < -0.3 is 20.9 Å². The molecule has 0 fully saturated rings. The summed E-state index contributed by atoms with van der Waals surface area (Å²) in [6.07, 6.45) is 2.98. The van der Waals surface area contributed by atoms with Crippen LogP contribution in [0.5, 0.6) is 0 Å². The molecule has 0 spiro atoms. The van der Waals surface area contributed by atoms with Crippen LogP contribution in [0.2, 0.25) is 5.02 Å². The van der Waals surface area contributed by atoms with Gasteiger partial charge in [0.2, 0.25) is 11.9 Å². The van der Waals surface area contributed by atoms with Gasteiger partial charge in [0, 0.05) is 24.8 Å². The van der Waals surface area contributed by atoms with E-state index in [1.54, 1.807) is 29.2 Å². The van der Waals surface area contributed by atoms with Gasteiger partial charge in [-0.2, -0.15) is 0 Å². The molecule has 126 valence electrons. The third kappa shape index (κ3) is 5.40. The van der Waals surface area contributed by atoms with Crippen LogP contribution < -0.4 is 20.9 Å². The number of carbonyl (C=O) groups excluding carboxylic acids is 2. The van der Waals surface area contributed by atoms with Crippen LogP contribution in [0.3, 0.4) is 0 Å². The smallest absolute Gasteiger partial charge is 0.319 e. The largest absolute Gasteiger partial charge is 0.347 e. The molecule has 3 amide bonds. The number of benzene rings is 1. The van der Waals surface area contributed by atoms with E-state index in [2.05, 4.69) is 25.9 Å². The minimum atomic E-state index is -0.508. The molecule has 0 radical (unpaired) electrons. The molecule has 1 aromatic heterocycles. The second kappa shape index (κ2) is 8.11. The first-order valence-corrected chi connectivity index (χ1v) is 7.41. The number of nitrogens with zero attached hydrogens (tertiary/aromatic N) is 3. The molecule has 0 aliphatic heterocycles. The Morgan fingerprint density at radius 1 is 1.12 bits per heavy atom. The lowest BCUT2D eigenvalue weighted by atomic mass is 10.3. The third-order valence-electron chi connectivity index (χ3n) is 2.81. The molecule has 3 N–H and O–H groups in total. The highest BCUT2D eigenvalue weighted by Crippen LogP contribution is 2.14. The molecule has 0 unspecified atom stereocenters. The van der Waals surface area contributed by atoms with E-state index < -0.39 is 11.9 Å². The highest BCUT2D eigenvalue weighted by molar-refractivity contribution is 6.30. The molecular formula is C15H17ClN6O2. The van der Waals surface area contributed by atoms with Crippen molar-refractivity contribution in [1.29, 1.82) is 0 Å². The van der Waals surface area contributed by atoms with E-state index in [0.717, 1.165) is 0 Å². The number of halogens is 1. The summed E-state index contributed by atoms with van der Waals surface area (Å²) in [5.74, 6) is 0.143. The molecule has 8 nitrogen and oxygen atoms in total. The fraction of sp³-hybridized carbons (Fsp3) is 0.200. The van der Waals surface area contributed by atoms with Gasteiger partial charge in [-0.05, 0) is 18.2 Å². The molecular weight excluding hydrogens is 332 g/mol. The molecule has 0 aliphatic rings. The SMILES string of the molecule is CN(C)c1ncc(NC(=O)CNC(=O)Nc2cccc(Cl)c2)cn1. The summed E-state index contributed by atoms with van der Waals surface area (Å²) in [7, 11) is 3.63. The van der Waals surface area contributed by atoms with Crippen molar-refractivity contribution in [1.82, 2.24) is 15.3 Å². The summed E-state index contributed by atoms with van der Waals surface area (Å²) in [5, 5.41) is 8.12. The molecule has 0 saturated carbocycles. The summed E-state index contributed by atoms with van der Waals surface area (Å²) < 4.78 is 0. The number of anilines is 3. The van der Waals surface area contributed by atoms with Crippen LogP contribution in [-0.2, 0) is 4.79 Å². The first-order valence-electron chi connectivity index (χ1n) is 7.03.